The number of allylic oxidation sites excluding steroid dienone is 1. The van der Waals surface area contributed by atoms with E-state index in [0.29, 0.717) is 25.3 Å². The van der Waals surface area contributed by atoms with Gasteiger partial charge in [0.25, 0.3) is 0 Å². The summed E-state index contributed by atoms with van der Waals surface area (Å²) in [6.45, 7) is 5.03. The van der Waals surface area contributed by atoms with Crippen LogP contribution in [0.4, 0.5) is 4.79 Å². The minimum absolute atomic E-state index is 0.00758. The first-order valence-electron chi connectivity index (χ1n) is 9.41. The Morgan fingerprint density at radius 3 is 2.93 bits per heavy atom. The van der Waals surface area contributed by atoms with E-state index in [1.807, 2.05) is 50.3 Å². The van der Waals surface area contributed by atoms with Crippen molar-refractivity contribution in [2.45, 2.75) is 26.4 Å². The molecule has 1 aromatic carbocycles. The van der Waals surface area contributed by atoms with Crippen LogP contribution < -0.4 is 10.1 Å². The van der Waals surface area contributed by atoms with Crippen molar-refractivity contribution < 1.29 is 19.0 Å². The van der Waals surface area contributed by atoms with E-state index >= 15 is 0 Å². The molecule has 0 spiro atoms. The molecule has 0 fully saturated rings. The Bertz CT molecular complexity index is 985. The third-order valence-electron chi connectivity index (χ3n) is 4.41. The van der Waals surface area contributed by atoms with Crippen molar-refractivity contribution in [2.75, 3.05) is 19.8 Å². The zero-order valence-electron chi connectivity index (χ0n) is 16.0. The number of aromatic amines is 1. The fourth-order valence-electron chi connectivity index (χ4n) is 3.23. The van der Waals surface area contributed by atoms with E-state index in [0.717, 1.165) is 33.5 Å². The Hall–Kier alpha value is -3.22. The molecule has 0 atom stereocenters. The number of benzene rings is 1. The largest absolute Gasteiger partial charge is 0.493 e. The summed E-state index contributed by atoms with van der Waals surface area (Å²) in [4.78, 5) is 11.9. The predicted octanol–water partition coefficient (Wildman–Crippen LogP) is 3.79. The van der Waals surface area contributed by atoms with Crippen molar-refractivity contribution in [3.63, 3.8) is 0 Å². The number of aromatic nitrogens is 2. The second-order valence-corrected chi connectivity index (χ2v) is 6.98. The molecule has 1 aromatic heterocycles. The number of cyclic esters (lactones) is 1. The van der Waals surface area contributed by atoms with Crippen molar-refractivity contribution in [2.24, 2.45) is 0 Å². The molecule has 4 rings (SSSR count). The van der Waals surface area contributed by atoms with E-state index in [-0.39, 0.29) is 12.7 Å². The number of H-pyrrole nitrogens is 1. The highest BCUT2D eigenvalue weighted by Crippen LogP contribution is 2.34. The van der Waals surface area contributed by atoms with Crippen LogP contribution in [0.15, 0.2) is 35.6 Å². The van der Waals surface area contributed by atoms with Gasteiger partial charge in [0.05, 0.1) is 23.9 Å². The first kappa shape index (κ1) is 18.2. The molecule has 2 aromatic rings. The molecule has 1 aliphatic carbocycles. The van der Waals surface area contributed by atoms with Crippen molar-refractivity contribution in [1.82, 2.24) is 15.5 Å². The van der Waals surface area contributed by atoms with Crippen LogP contribution in [-0.2, 0) is 9.47 Å². The normalized spacial score (nSPS) is 17.2. The van der Waals surface area contributed by atoms with E-state index in [1.54, 1.807) is 0 Å². The van der Waals surface area contributed by atoms with Crippen LogP contribution >= 0.6 is 0 Å². The van der Waals surface area contributed by atoms with Gasteiger partial charge in [0.1, 0.15) is 18.1 Å². The van der Waals surface area contributed by atoms with Gasteiger partial charge in [-0.15, -0.1) is 0 Å². The molecular formula is C21H23N3O4. The molecule has 2 aliphatic rings. The molecule has 1 amide bonds. The van der Waals surface area contributed by atoms with Gasteiger partial charge in [-0.1, -0.05) is 0 Å². The molecule has 7 heteroatoms. The van der Waals surface area contributed by atoms with Gasteiger partial charge in [0.2, 0.25) is 0 Å². The second-order valence-electron chi connectivity index (χ2n) is 6.98. The number of carbonyl (C=O) groups excluding carboxylic acids is 1. The second kappa shape index (κ2) is 7.80. The summed E-state index contributed by atoms with van der Waals surface area (Å²) < 4.78 is 17.3. The number of alkyl carbamates (subject to hydrolysis) is 1. The van der Waals surface area contributed by atoms with Crippen LogP contribution in [0.1, 0.15) is 31.5 Å². The van der Waals surface area contributed by atoms with E-state index in [2.05, 4.69) is 15.5 Å². The maximum atomic E-state index is 11.9. The van der Waals surface area contributed by atoms with E-state index in [9.17, 15) is 4.79 Å². The maximum Gasteiger partial charge on any atom is 0.407 e. The number of rotatable bonds is 2. The molecule has 0 radical (unpaired) electrons. The summed E-state index contributed by atoms with van der Waals surface area (Å²) in [5.74, 6) is 1.44. The van der Waals surface area contributed by atoms with Crippen molar-refractivity contribution in [1.29, 1.82) is 0 Å². The summed E-state index contributed by atoms with van der Waals surface area (Å²) in [7, 11) is 0. The quantitative estimate of drug-likeness (QED) is 0.827. The van der Waals surface area contributed by atoms with Gasteiger partial charge in [-0.25, -0.2) is 4.79 Å². The zero-order chi connectivity index (χ0) is 19.5. The topological polar surface area (TPSA) is 85.5 Å². The smallest absolute Gasteiger partial charge is 0.407 e. The van der Waals surface area contributed by atoms with Crippen LogP contribution in [-0.4, -0.2) is 42.2 Å². The lowest BCUT2D eigenvalue weighted by Gasteiger charge is -2.15. The number of amides is 1. The molecule has 146 valence electrons. The first-order chi connectivity index (χ1) is 13.6. The fraction of sp³-hybridized carbons (Fsp3) is 0.333. The maximum absolute atomic E-state index is 11.9. The Morgan fingerprint density at radius 2 is 2.07 bits per heavy atom. The number of hydrogen-bond acceptors (Lipinski definition) is 5. The lowest BCUT2D eigenvalue weighted by atomic mass is 10.0. The van der Waals surface area contributed by atoms with Gasteiger partial charge in [0.15, 0.2) is 0 Å². The summed E-state index contributed by atoms with van der Waals surface area (Å²) in [6, 6.07) is 3.91. The Balaban J connectivity index is 1.89. The van der Waals surface area contributed by atoms with Gasteiger partial charge in [-0.2, -0.15) is 5.10 Å². The van der Waals surface area contributed by atoms with Crippen LogP contribution in [0, 0.1) is 0 Å². The summed E-state index contributed by atoms with van der Waals surface area (Å²) in [6.07, 6.45) is 7.91. The van der Waals surface area contributed by atoms with E-state index < -0.39 is 6.09 Å². The Kier molecular flexibility index (Phi) is 5.06. The number of nitrogens with zero attached hydrogens (tertiary/aromatic N) is 1. The van der Waals surface area contributed by atoms with Crippen LogP contribution in [0.3, 0.4) is 0 Å². The molecule has 2 heterocycles. The standard InChI is InChI=1S/C21H23N3O4/c1-13(2)28-15-4-5-17-20-16-11-14(10-15)12-27-21(25)22-8-3-9-26-19(16)7-6-18(20)24-23-17/h4-7,10-11,13H,3,8-9,12H2,1-2H3,(H,22,25)(H,23,24). The monoisotopic (exact) mass is 381 g/mol. The van der Waals surface area contributed by atoms with E-state index in [1.165, 1.54) is 0 Å². The third-order valence-corrected chi connectivity index (χ3v) is 4.41. The number of hydrogen-bond donors (Lipinski definition) is 2. The van der Waals surface area contributed by atoms with Crippen molar-refractivity contribution in [3.8, 4) is 5.75 Å². The highest BCUT2D eigenvalue weighted by molar-refractivity contribution is 5.97. The molecule has 1 aliphatic heterocycles. The highest BCUT2D eigenvalue weighted by Gasteiger charge is 2.17. The highest BCUT2D eigenvalue weighted by atomic mass is 16.5. The Labute approximate surface area is 163 Å². The molecule has 0 saturated carbocycles. The van der Waals surface area contributed by atoms with Crippen LogP contribution in [0.25, 0.3) is 23.1 Å². The third kappa shape index (κ3) is 3.88. The SMILES string of the molecule is CC(C)OC1=CC2=Cc3c(ccc4[nH]nc(c34)C=C1)OCCCNC(=O)OC2. The lowest BCUT2D eigenvalue weighted by Crippen LogP contribution is -2.27. The van der Waals surface area contributed by atoms with Crippen molar-refractivity contribution >= 4 is 29.1 Å². The average molecular weight is 381 g/mol. The average Bonchev–Trinajstić information content (AvgIpc) is 3.08. The molecule has 2 N–H and O–H groups in total. The zero-order valence-corrected chi connectivity index (χ0v) is 16.0. The molecule has 7 nitrogen and oxygen atoms in total. The number of carbonyl (C=O) groups is 1. The fourth-order valence-corrected chi connectivity index (χ4v) is 3.23. The molecule has 28 heavy (non-hydrogen) atoms. The number of ether oxygens (including phenoxy) is 3. The van der Waals surface area contributed by atoms with Gasteiger partial charge in [-0.05, 0) is 62.3 Å². The van der Waals surface area contributed by atoms with Gasteiger partial charge >= 0.3 is 6.09 Å². The van der Waals surface area contributed by atoms with Gasteiger partial charge in [0, 0.05) is 17.5 Å². The predicted molar refractivity (Wildman–Crippen MR) is 107 cm³/mol. The minimum Gasteiger partial charge on any atom is -0.493 e. The molecule has 2 bridgehead atoms. The molecule has 0 unspecified atom stereocenters. The first-order valence-corrected chi connectivity index (χ1v) is 9.41. The van der Waals surface area contributed by atoms with Gasteiger partial charge < -0.3 is 19.5 Å². The minimum atomic E-state index is -0.445. The molecular weight excluding hydrogens is 358 g/mol. The summed E-state index contributed by atoms with van der Waals surface area (Å²) in [5, 5.41) is 11.2. The van der Waals surface area contributed by atoms with Crippen LogP contribution in [0.5, 0.6) is 5.75 Å². The van der Waals surface area contributed by atoms with E-state index in [4.69, 9.17) is 14.2 Å². The Morgan fingerprint density at radius 1 is 1.18 bits per heavy atom. The lowest BCUT2D eigenvalue weighted by molar-refractivity contribution is 0.151. The van der Waals surface area contributed by atoms with Crippen molar-refractivity contribution in [3.05, 3.63) is 46.9 Å². The summed E-state index contributed by atoms with van der Waals surface area (Å²) >= 11 is 0. The van der Waals surface area contributed by atoms with Gasteiger partial charge in [-0.3, -0.25) is 5.10 Å². The number of nitrogens with one attached hydrogen (secondary N) is 2. The molecule has 0 saturated heterocycles. The summed E-state index contributed by atoms with van der Waals surface area (Å²) in [5.41, 5.74) is 3.42. The van der Waals surface area contributed by atoms with Crippen LogP contribution in [0.2, 0.25) is 0 Å².